The van der Waals surface area contributed by atoms with Crippen LogP contribution in [0, 0.1) is 0 Å². The highest BCUT2D eigenvalue weighted by Gasteiger charge is 2.18. The highest BCUT2D eigenvalue weighted by Crippen LogP contribution is 2.35. The van der Waals surface area contributed by atoms with Gasteiger partial charge in [0.15, 0.2) is 5.78 Å². The topological polar surface area (TPSA) is 65.8 Å². The Morgan fingerprint density at radius 2 is 1.35 bits per heavy atom. The van der Waals surface area contributed by atoms with Crippen LogP contribution in [0.25, 0.3) is 66.3 Å². The molecule has 43 heavy (non-hydrogen) atoms. The Kier molecular flexibility index (Phi) is 4.95. The van der Waals surface area contributed by atoms with Crippen LogP contribution >= 0.6 is 0 Å². The summed E-state index contributed by atoms with van der Waals surface area (Å²) in [6.45, 7) is 0. The number of fused-ring (bicyclic) bond motifs is 7. The molecule has 0 spiro atoms. The number of ketones is 1. The number of hydrogen-bond donors (Lipinski definition) is 0. The van der Waals surface area contributed by atoms with Crippen molar-refractivity contribution in [2.24, 2.45) is 0 Å². The van der Waals surface area contributed by atoms with Gasteiger partial charge in [0.05, 0.1) is 22.1 Å². The lowest BCUT2D eigenvalue weighted by molar-refractivity contribution is 0.103. The first-order valence-electron chi connectivity index (χ1n) is 14.1. The molecule has 4 heterocycles. The minimum Gasteiger partial charge on any atom is -0.456 e. The standard InChI is InChI=1S/C37H22N4O2/c42-37(23-8-7-9-25(18-23)40-22-39-30-12-3-5-14-32(30)40)24-16-17-27-26-10-1-4-13-31(26)41(33(27)19-24)36-20-35-29(21-38-36)28-11-2-6-15-34(28)43-35/h1-22H. The highest BCUT2D eigenvalue weighted by atomic mass is 16.3. The number of aromatic nitrogens is 4. The molecule has 0 amide bonds. The Balaban J connectivity index is 1.19. The van der Waals surface area contributed by atoms with E-state index in [1.165, 1.54) is 0 Å². The SMILES string of the molecule is O=C(c1cccc(-n2cnc3ccccc32)c1)c1ccc2c3ccccc3n(-c3cc4oc5ccccc5c4cn3)c2c1. The first kappa shape index (κ1) is 23.7. The van der Waals surface area contributed by atoms with Crippen LogP contribution in [0.4, 0.5) is 0 Å². The van der Waals surface area contributed by atoms with Gasteiger partial charge in [-0.2, -0.15) is 0 Å². The van der Waals surface area contributed by atoms with Crippen LogP contribution in [-0.2, 0) is 0 Å². The smallest absolute Gasteiger partial charge is 0.193 e. The maximum atomic E-state index is 13.9. The molecule has 0 saturated heterocycles. The highest BCUT2D eigenvalue weighted by molar-refractivity contribution is 6.15. The molecular weight excluding hydrogens is 532 g/mol. The Morgan fingerprint density at radius 1 is 0.581 bits per heavy atom. The summed E-state index contributed by atoms with van der Waals surface area (Å²) < 4.78 is 10.3. The first-order chi connectivity index (χ1) is 21.2. The number of nitrogens with zero attached hydrogens (tertiary/aromatic N) is 4. The van der Waals surface area contributed by atoms with Gasteiger partial charge in [0.2, 0.25) is 0 Å². The lowest BCUT2D eigenvalue weighted by atomic mass is 10.0. The van der Waals surface area contributed by atoms with E-state index in [2.05, 4.69) is 21.7 Å². The van der Waals surface area contributed by atoms with Crippen molar-refractivity contribution in [3.63, 3.8) is 0 Å². The number of para-hydroxylation sites is 4. The normalized spacial score (nSPS) is 11.8. The fourth-order valence-electron chi connectivity index (χ4n) is 6.22. The quantitative estimate of drug-likeness (QED) is 0.204. The van der Waals surface area contributed by atoms with Crippen LogP contribution in [0.1, 0.15) is 15.9 Å². The molecule has 5 aromatic carbocycles. The van der Waals surface area contributed by atoms with Crippen molar-refractivity contribution in [3.8, 4) is 11.5 Å². The van der Waals surface area contributed by atoms with Gasteiger partial charge in [0, 0.05) is 50.6 Å². The third-order valence-corrected chi connectivity index (χ3v) is 8.25. The zero-order valence-corrected chi connectivity index (χ0v) is 22.8. The van der Waals surface area contributed by atoms with Crippen LogP contribution in [0.2, 0.25) is 0 Å². The van der Waals surface area contributed by atoms with Crippen molar-refractivity contribution in [2.45, 2.75) is 0 Å². The molecule has 6 nitrogen and oxygen atoms in total. The van der Waals surface area contributed by atoms with E-state index in [9.17, 15) is 4.79 Å². The third-order valence-electron chi connectivity index (χ3n) is 8.25. The van der Waals surface area contributed by atoms with Crippen molar-refractivity contribution >= 4 is 60.6 Å². The number of pyridine rings is 1. The molecule has 4 aromatic heterocycles. The molecule has 0 fully saturated rings. The van der Waals surface area contributed by atoms with Gasteiger partial charge in [0.1, 0.15) is 23.3 Å². The molecule has 0 unspecified atom stereocenters. The average molecular weight is 555 g/mol. The van der Waals surface area contributed by atoms with Crippen LogP contribution in [-0.4, -0.2) is 24.9 Å². The number of carbonyl (C=O) groups excluding carboxylic acids is 1. The number of furan rings is 1. The van der Waals surface area contributed by atoms with Gasteiger partial charge < -0.3 is 4.42 Å². The summed E-state index contributed by atoms with van der Waals surface area (Å²) in [6, 6.07) is 39.8. The van der Waals surface area contributed by atoms with E-state index >= 15 is 0 Å². The number of imidazole rings is 1. The van der Waals surface area contributed by atoms with E-state index < -0.39 is 0 Å². The Labute approximate surface area is 245 Å². The molecule has 9 aromatic rings. The largest absolute Gasteiger partial charge is 0.456 e. The van der Waals surface area contributed by atoms with Crippen molar-refractivity contribution in [1.29, 1.82) is 0 Å². The van der Waals surface area contributed by atoms with Gasteiger partial charge in [-0.25, -0.2) is 9.97 Å². The zero-order chi connectivity index (χ0) is 28.5. The van der Waals surface area contributed by atoms with Crippen LogP contribution < -0.4 is 0 Å². The van der Waals surface area contributed by atoms with Crippen molar-refractivity contribution in [1.82, 2.24) is 19.1 Å². The molecule has 0 aliphatic carbocycles. The van der Waals surface area contributed by atoms with E-state index in [0.717, 1.165) is 66.3 Å². The minimum absolute atomic E-state index is 0.0503. The van der Waals surface area contributed by atoms with Gasteiger partial charge in [0.25, 0.3) is 0 Å². The molecule has 0 bridgehead atoms. The summed E-state index contributed by atoms with van der Waals surface area (Å²) >= 11 is 0. The summed E-state index contributed by atoms with van der Waals surface area (Å²) in [5, 5.41) is 4.16. The van der Waals surface area contributed by atoms with Crippen molar-refractivity contribution in [2.75, 3.05) is 0 Å². The summed E-state index contributed by atoms with van der Waals surface area (Å²) in [5.74, 6) is 0.682. The summed E-state index contributed by atoms with van der Waals surface area (Å²) in [4.78, 5) is 23.3. The second kappa shape index (κ2) is 8.99. The molecule has 0 atom stereocenters. The van der Waals surface area contributed by atoms with Crippen LogP contribution in [0.5, 0.6) is 0 Å². The predicted octanol–water partition coefficient (Wildman–Crippen LogP) is 8.65. The van der Waals surface area contributed by atoms with Gasteiger partial charge in [-0.1, -0.05) is 72.8 Å². The molecule has 0 saturated carbocycles. The minimum atomic E-state index is -0.0503. The molecule has 0 aliphatic rings. The molecule has 0 N–H and O–H groups in total. The lowest BCUT2D eigenvalue weighted by Crippen LogP contribution is -2.04. The third kappa shape index (κ3) is 3.57. The second-order valence-corrected chi connectivity index (χ2v) is 10.7. The summed E-state index contributed by atoms with van der Waals surface area (Å²) in [7, 11) is 0. The molecular formula is C37H22N4O2. The van der Waals surface area contributed by atoms with Gasteiger partial charge in [-0.05, 0) is 42.5 Å². The summed E-state index contributed by atoms with van der Waals surface area (Å²) in [5.41, 5.74) is 7.53. The van der Waals surface area contributed by atoms with Crippen LogP contribution in [0.15, 0.2) is 138 Å². The Bertz CT molecular complexity index is 2550. The van der Waals surface area contributed by atoms with Gasteiger partial charge >= 0.3 is 0 Å². The molecule has 202 valence electrons. The second-order valence-electron chi connectivity index (χ2n) is 10.7. The number of hydrogen-bond acceptors (Lipinski definition) is 4. The number of benzene rings is 5. The molecule has 6 heteroatoms. The maximum absolute atomic E-state index is 13.9. The molecule has 9 rings (SSSR count). The van der Waals surface area contributed by atoms with Gasteiger partial charge in [-0.15, -0.1) is 0 Å². The lowest BCUT2D eigenvalue weighted by Gasteiger charge is -2.09. The number of carbonyl (C=O) groups is 1. The van der Waals surface area contributed by atoms with E-state index in [-0.39, 0.29) is 5.78 Å². The summed E-state index contributed by atoms with van der Waals surface area (Å²) in [6.07, 6.45) is 3.67. The fraction of sp³-hybridized carbons (Fsp3) is 0. The van der Waals surface area contributed by atoms with E-state index in [4.69, 9.17) is 9.40 Å². The van der Waals surface area contributed by atoms with E-state index in [1.807, 2.05) is 120 Å². The Morgan fingerprint density at radius 3 is 2.28 bits per heavy atom. The first-order valence-corrected chi connectivity index (χ1v) is 14.1. The Hall–Kier alpha value is -6.01. The molecule has 0 aliphatic heterocycles. The predicted molar refractivity (Wildman–Crippen MR) is 170 cm³/mol. The zero-order valence-electron chi connectivity index (χ0n) is 22.8. The maximum Gasteiger partial charge on any atom is 0.193 e. The molecule has 0 radical (unpaired) electrons. The van der Waals surface area contributed by atoms with Crippen molar-refractivity contribution < 1.29 is 9.21 Å². The van der Waals surface area contributed by atoms with Gasteiger partial charge in [-0.3, -0.25) is 13.9 Å². The van der Waals surface area contributed by atoms with E-state index in [1.54, 1.807) is 6.33 Å². The fourth-order valence-corrected chi connectivity index (χ4v) is 6.22. The monoisotopic (exact) mass is 554 g/mol. The number of rotatable bonds is 4. The van der Waals surface area contributed by atoms with E-state index in [0.29, 0.717) is 11.1 Å². The van der Waals surface area contributed by atoms with Crippen LogP contribution in [0.3, 0.4) is 0 Å². The average Bonchev–Trinajstić information content (AvgIpc) is 3.75. The van der Waals surface area contributed by atoms with Crippen molar-refractivity contribution in [3.05, 3.63) is 145 Å².